The van der Waals surface area contributed by atoms with Crippen molar-refractivity contribution in [1.82, 2.24) is 9.97 Å². The molecule has 3 nitrogen and oxygen atoms in total. The van der Waals surface area contributed by atoms with E-state index in [1.807, 2.05) is 18.2 Å². The van der Waals surface area contributed by atoms with Crippen LogP contribution in [0.15, 0.2) is 18.2 Å². The van der Waals surface area contributed by atoms with Gasteiger partial charge in [-0.3, -0.25) is 0 Å². The zero-order valence-electron chi connectivity index (χ0n) is 9.50. The van der Waals surface area contributed by atoms with Gasteiger partial charge in [-0.1, -0.05) is 37.9 Å². The summed E-state index contributed by atoms with van der Waals surface area (Å²) >= 11 is 6.07. The van der Waals surface area contributed by atoms with Gasteiger partial charge in [0.05, 0.1) is 16.6 Å². The lowest BCUT2D eigenvalue weighted by atomic mass is 10.00. The summed E-state index contributed by atoms with van der Waals surface area (Å²) in [4.78, 5) is 7.70. The molecule has 86 valence electrons. The SMILES string of the molecule is CCC(C)C(N)c1nc2c(Cl)cccc2[nH]1. The van der Waals surface area contributed by atoms with Gasteiger partial charge in [-0.25, -0.2) is 4.98 Å². The predicted molar refractivity (Wildman–Crippen MR) is 67.5 cm³/mol. The van der Waals surface area contributed by atoms with Gasteiger partial charge in [0.2, 0.25) is 0 Å². The fourth-order valence-corrected chi connectivity index (χ4v) is 1.91. The maximum Gasteiger partial charge on any atom is 0.124 e. The van der Waals surface area contributed by atoms with Crippen molar-refractivity contribution in [2.24, 2.45) is 11.7 Å². The normalized spacial score (nSPS) is 15.2. The minimum absolute atomic E-state index is 0.0616. The van der Waals surface area contributed by atoms with Crippen LogP contribution in [0.5, 0.6) is 0 Å². The van der Waals surface area contributed by atoms with Crippen molar-refractivity contribution in [2.75, 3.05) is 0 Å². The number of fused-ring (bicyclic) bond motifs is 1. The van der Waals surface area contributed by atoms with E-state index >= 15 is 0 Å². The number of nitrogens with two attached hydrogens (primary N) is 1. The predicted octanol–water partition coefficient (Wildman–Crippen LogP) is 3.26. The largest absolute Gasteiger partial charge is 0.341 e. The Morgan fingerprint density at radius 1 is 1.50 bits per heavy atom. The molecule has 0 bridgehead atoms. The molecule has 4 heteroatoms. The second kappa shape index (κ2) is 4.44. The molecule has 0 aliphatic carbocycles. The molecular weight excluding hydrogens is 222 g/mol. The third-order valence-electron chi connectivity index (χ3n) is 3.05. The lowest BCUT2D eigenvalue weighted by Crippen LogP contribution is -2.19. The quantitative estimate of drug-likeness (QED) is 0.861. The highest BCUT2D eigenvalue weighted by molar-refractivity contribution is 6.34. The van der Waals surface area contributed by atoms with Gasteiger partial charge >= 0.3 is 0 Å². The number of halogens is 1. The Morgan fingerprint density at radius 3 is 2.88 bits per heavy atom. The average molecular weight is 238 g/mol. The van der Waals surface area contributed by atoms with Crippen molar-refractivity contribution >= 4 is 22.6 Å². The average Bonchev–Trinajstić information content (AvgIpc) is 2.72. The Balaban J connectivity index is 2.43. The summed E-state index contributed by atoms with van der Waals surface area (Å²) in [5, 5.41) is 0.663. The van der Waals surface area contributed by atoms with Crippen LogP contribution in [0.2, 0.25) is 5.02 Å². The van der Waals surface area contributed by atoms with Gasteiger partial charge in [0.25, 0.3) is 0 Å². The molecule has 2 rings (SSSR count). The van der Waals surface area contributed by atoms with E-state index in [-0.39, 0.29) is 6.04 Å². The minimum Gasteiger partial charge on any atom is -0.341 e. The zero-order valence-corrected chi connectivity index (χ0v) is 10.3. The van der Waals surface area contributed by atoms with Crippen LogP contribution >= 0.6 is 11.6 Å². The molecule has 0 aliphatic rings. The van der Waals surface area contributed by atoms with E-state index in [0.717, 1.165) is 23.3 Å². The first-order valence-corrected chi connectivity index (χ1v) is 5.91. The highest BCUT2D eigenvalue weighted by atomic mass is 35.5. The number of rotatable bonds is 3. The van der Waals surface area contributed by atoms with Crippen molar-refractivity contribution in [2.45, 2.75) is 26.3 Å². The van der Waals surface area contributed by atoms with E-state index in [4.69, 9.17) is 17.3 Å². The van der Waals surface area contributed by atoms with Crippen LogP contribution in [-0.2, 0) is 0 Å². The molecule has 2 unspecified atom stereocenters. The summed E-state index contributed by atoms with van der Waals surface area (Å²) in [6.45, 7) is 4.25. The fourth-order valence-electron chi connectivity index (χ4n) is 1.70. The van der Waals surface area contributed by atoms with Gasteiger partial charge in [0.15, 0.2) is 0 Å². The van der Waals surface area contributed by atoms with Gasteiger partial charge in [-0.15, -0.1) is 0 Å². The van der Waals surface area contributed by atoms with Crippen molar-refractivity contribution in [1.29, 1.82) is 0 Å². The van der Waals surface area contributed by atoms with Gasteiger partial charge in [-0.2, -0.15) is 0 Å². The van der Waals surface area contributed by atoms with Crippen LogP contribution in [0, 0.1) is 5.92 Å². The van der Waals surface area contributed by atoms with E-state index < -0.39 is 0 Å². The van der Waals surface area contributed by atoms with E-state index in [1.165, 1.54) is 0 Å². The molecule has 16 heavy (non-hydrogen) atoms. The van der Waals surface area contributed by atoms with Gasteiger partial charge in [0, 0.05) is 0 Å². The number of hydrogen-bond donors (Lipinski definition) is 2. The van der Waals surface area contributed by atoms with Crippen molar-refractivity contribution in [3.63, 3.8) is 0 Å². The van der Waals surface area contributed by atoms with Crippen LogP contribution in [0.3, 0.4) is 0 Å². The molecule has 2 aromatic rings. The van der Waals surface area contributed by atoms with Gasteiger partial charge < -0.3 is 10.7 Å². The summed E-state index contributed by atoms with van der Waals surface area (Å²) in [5.41, 5.74) is 7.88. The van der Waals surface area contributed by atoms with Crippen molar-refractivity contribution in [3.8, 4) is 0 Å². The second-order valence-electron chi connectivity index (χ2n) is 4.17. The number of aromatic nitrogens is 2. The Kier molecular flexibility index (Phi) is 3.17. The molecule has 1 heterocycles. The maximum absolute atomic E-state index is 6.13. The van der Waals surface area contributed by atoms with Crippen LogP contribution in [0.1, 0.15) is 32.1 Å². The molecule has 0 aliphatic heterocycles. The lowest BCUT2D eigenvalue weighted by Gasteiger charge is -2.15. The number of para-hydroxylation sites is 1. The first-order valence-electron chi connectivity index (χ1n) is 5.53. The van der Waals surface area contributed by atoms with Crippen molar-refractivity contribution < 1.29 is 0 Å². The molecule has 0 fully saturated rings. The molecule has 2 atom stereocenters. The standard InChI is InChI=1S/C12H16ClN3/c1-3-7(2)10(14)12-15-9-6-4-5-8(13)11(9)16-12/h4-7,10H,3,14H2,1-2H3,(H,15,16). The smallest absolute Gasteiger partial charge is 0.124 e. The van der Waals surface area contributed by atoms with Crippen LogP contribution in [0.25, 0.3) is 11.0 Å². The van der Waals surface area contributed by atoms with Crippen molar-refractivity contribution in [3.05, 3.63) is 29.0 Å². The van der Waals surface area contributed by atoms with E-state index in [9.17, 15) is 0 Å². The number of hydrogen-bond acceptors (Lipinski definition) is 2. The third kappa shape index (κ3) is 1.93. The van der Waals surface area contributed by atoms with Crippen LogP contribution in [-0.4, -0.2) is 9.97 Å². The first-order chi connectivity index (χ1) is 7.63. The molecule has 0 spiro atoms. The fraction of sp³-hybridized carbons (Fsp3) is 0.417. The van der Waals surface area contributed by atoms with E-state index in [0.29, 0.717) is 10.9 Å². The molecule has 3 N–H and O–H groups in total. The molecule has 0 saturated heterocycles. The Labute approximate surface area is 100 Å². The summed E-state index contributed by atoms with van der Waals surface area (Å²) in [5.74, 6) is 1.22. The Bertz CT molecular complexity index is 492. The molecular formula is C12H16ClN3. The van der Waals surface area contributed by atoms with E-state index in [1.54, 1.807) is 0 Å². The van der Waals surface area contributed by atoms with Crippen LogP contribution in [0.4, 0.5) is 0 Å². The Morgan fingerprint density at radius 2 is 2.25 bits per heavy atom. The highest BCUT2D eigenvalue weighted by Gasteiger charge is 2.17. The number of imidazole rings is 1. The monoisotopic (exact) mass is 237 g/mol. The van der Waals surface area contributed by atoms with Crippen LogP contribution < -0.4 is 5.73 Å². The van der Waals surface area contributed by atoms with Gasteiger partial charge in [-0.05, 0) is 18.1 Å². The number of nitrogens with zero attached hydrogens (tertiary/aromatic N) is 1. The molecule has 0 radical (unpaired) electrons. The molecule has 0 saturated carbocycles. The highest BCUT2D eigenvalue weighted by Crippen LogP contribution is 2.25. The lowest BCUT2D eigenvalue weighted by molar-refractivity contribution is 0.442. The summed E-state index contributed by atoms with van der Waals surface area (Å²) < 4.78 is 0. The number of aromatic amines is 1. The topological polar surface area (TPSA) is 54.7 Å². The zero-order chi connectivity index (χ0) is 11.7. The Hall–Kier alpha value is -1.06. The number of H-pyrrole nitrogens is 1. The number of nitrogens with one attached hydrogen (secondary N) is 1. The second-order valence-corrected chi connectivity index (χ2v) is 4.58. The van der Waals surface area contributed by atoms with Gasteiger partial charge in [0.1, 0.15) is 11.3 Å². The first kappa shape index (κ1) is 11.4. The molecule has 1 aromatic heterocycles. The summed E-state index contributed by atoms with van der Waals surface area (Å²) in [6, 6.07) is 5.64. The maximum atomic E-state index is 6.13. The van der Waals surface area contributed by atoms with E-state index in [2.05, 4.69) is 23.8 Å². The summed E-state index contributed by atoms with van der Waals surface area (Å²) in [7, 11) is 0. The minimum atomic E-state index is -0.0616. The molecule has 1 aromatic carbocycles. The third-order valence-corrected chi connectivity index (χ3v) is 3.36. The molecule has 0 amide bonds. The number of benzene rings is 1. The summed E-state index contributed by atoms with van der Waals surface area (Å²) in [6.07, 6.45) is 1.03.